The van der Waals surface area contributed by atoms with Gasteiger partial charge in [-0.1, -0.05) is 51.1 Å². The molecule has 2 aromatic rings. The van der Waals surface area contributed by atoms with Crippen LogP contribution in [-0.4, -0.2) is 51.5 Å². The Balaban J connectivity index is 1.41. The predicted molar refractivity (Wildman–Crippen MR) is 131 cm³/mol. The van der Waals surface area contributed by atoms with Crippen LogP contribution in [0, 0.1) is 0 Å². The molecule has 0 spiro atoms. The Morgan fingerprint density at radius 3 is 1.97 bits per heavy atom. The lowest BCUT2D eigenvalue weighted by atomic mass is 9.87. The van der Waals surface area contributed by atoms with E-state index in [9.17, 15) is 21.6 Å². The Kier molecular flexibility index (Phi) is 6.65. The number of piperidine rings is 1. The lowest BCUT2D eigenvalue weighted by Crippen LogP contribution is -2.52. The van der Waals surface area contributed by atoms with Gasteiger partial charge in [0.15, 0.2) is 9.84 Å². The largest absolute Gasteiger partial charge is 0.336 e. The highest BCUT2D eigenvalue weighted by Crippen LogP contribution is 2.39. The predicted octanol–water partition coefficient (Wildman–Crippen LogP) is 3.26. The first-order chi connectivity index (χ1) is 15.9. The molecule has 1 amide bonds. The summed E-state index contributed by atoms with van der Waals surface area (Å²) >= 11 is 0. The summed E-state index contributed by atoms with van der Waals surface area (Å²) in [5.74, 6) is -0.307. The number of benzene rings is 2. The number of carbonyl (C=O) groups is 1. The molecule has 2 heterocycles. The molecule has 2 bridgehead atoms. The zero-order chi connectivity index (χ0) is 24.7. The van der Waals surface area contributed by atoms with Gasteiger partial charge in [-0.25, -0.2) is 21.6 Å². The van der Waals surface area contributed by atoms with Crippen LogP contribution in [0.1, 0.15) is 52.0 Å². The first-order valence-electron chi connectivity index (χ1n) is 11.6. The van der Waals surface area contributed by atoms with Crippen LogP contribution < -0.4 is 4.72 Å². The van der Waals surface area contributed by atoms with E-state index in [-0.39, 0.29) is 34.8 Å². The van der Waals surface area contributed by atoms with Crippen LogP contribution in [0.2, 0.25) is 0 Å². The molecule has 2 fully saturated rings. The van der Waals surface area contributed by atoms with Crippen molar-refractivity contribution in [2.24, 2.45) is 0 Å². The van der Waals surface area contributed by atoms with Gasteiger partial charge in [0, 0.05) is 12.1 Å². The number of fused-ring (bicyclic) bond motifs is 2. The molecule has 9 heteroatoms. The molecule has 0 radical (unpaired) electrons. The number of nitrogens with one attached hydrogen (secondary N) is 1. The van der Waals surface area contributed by atoms with Gasteiger partial charge in [-0.2, -0.15) is 0 Å². The molecule has 0 aliphatic carbocycles. The summed E-state index contributed by atoms with van der Waals surface area (Å²) in [6.45, 7) is 5.81. The minimum absolute atomic E-state index is 0.0922. The molecule has 184 valence electrons. The van der Waals surface area contributed by atoms with E-state index in [0.29, 0.717) is 17.7 Å². The van der Waals surface area contributed by atoms with Crippen molar-refractivity contribution in [2.45, 2.75) is 79.0 Å². The van der Waals surface area contributed by atoms with Crippen LogP contribution in [0.3, 0.4) is 0 Å². The summed E-state index contributed by atoms with van der Waals surface area (Å²) < 4.78 is 54.1. The van der Waals surface area contributed by atoms with E-state index in [1.807, 2.05) is 0 Å². The lowest BCUT2D eigenvalue weighted by molar-refractivity contribution is -0.134. The molecule has 2 aromatic carbocycles. The number of rotatable bonds is 6. The van der Waals surface area contributed by atoms with Crippen LogP contribution in [0.25, 0.3) is 0 Å². The fourth-order valence-corrected chi connectivity index (χ4v) is 7.90. The highest BCUT2D eigenvalue weighted by molar-refractivity contribution is 7.92. The molecular weight excluding hydrogens is 472 g/mol. The molecule has 2 aliphatic heterocycles. The average molecular weight is 505 g/mol. The van der Waals surface area contributed by atoms with Crippen molar-refractivity contribution in [1.82, 2.24) is 9.62 Å². The summed E-state index contributed by atoms with van der Waals surface area (Å²) in [5.41, 5.74) is 0.929. The number of sulfonamides is 1. The minimum Gasteiger partial charge on any atom is -0.336 e. The molecule has 0 aromatic heterocycles. The second-order valence-corrected chi connectivity index (χ2v) is 14.2. The normalized spacial score (nSPS) is 23.1. The van der Waals surface area contributed by atoms with Gasteiger partial charge in [0.1, 0.15) is 0 Å². The van der Waals surface area contributed by atoms with E-state index in [1.54, 1.807) is 59.5 Å². The highest BCUT2D eigenvalue weighted by Gasteiger charge is 2.47. The molecule has 2 unspecified atom stereocenters. The fourth-order valence-electron chi connectivity index (χ4n) is 5.06. The van der Waals surface area contributed by atoms with E-state index >= 15 is 0 Å². The van der Waals surface area contributed by atoms with Crippen molar-refractivity contribution >= 4 is 25.8 Å². The van der Waals surface area contributed by atoms with Gasteiger partial charge < -0.3 is 4.90 Å². The third-order valence-corrected chi connectivity index (χ3v) is 10.5. The average Bonchev–Trinajstić information content (AvgIpc) is 3.06. The van der Waals surface area contributed by atoms with Gasteiger partial charge in [-0.05, 0) is 60.9 Å². The zero-order valence-electron chi connectivity index (χ0n) is 19.8. The second kappa shape index (κ2) is 9.09. The molecule has 1 N–H and O–H groups in total. The van der Waals surface area contributed by atoms with Gasteiger partial charge in [0.25, 0.3) is 0 Å². The quantitative estimate of drug-likeness (QED) is 0.651. The van der Waals surface area contributed by atoms with Gasteiger partial charge in [0.2, 0.25) is 15.9 Å². The topological polar surface area (TPSA) is 101 Å². The SMILES string of the molecule is CC(C)(C)c1ccc(S(=O)(=O)NCC(=O)N2C3CCC2CC(S(=O)(=O)c2ccccc2)C3)cc1. The van der Waals surface area contributed by atoms with Crippen molar-refractivity contribution in [3.8, 4) is 0 Å². The number of amides is 1. The molecule has 2 aliphatic rings. The summed E-state index contributed by atoms with van der Waals surface area (Å²) in [5, 5.41) is -0.533. The van der Waals surface area contributed by atoms with Crippen molar-refractivity contribution < 1.29 is 21.6 Å². The maximum atomic E-state index is 13.1. The maximum Gasteiger partial charge on any atom is 0.241 e. The Morgan fingerprint density at radius 2 is 1.44 bits per heavy atom. The molecule has 7 nitrogen and oxygen atoms in total. The van der Waals surface area contributed by atoms with Crippen LogP contribution in [0.15, 0.2) is 64.4 Å². The first kappa shape index (κ1) is 24.9. The Hall–Kier alpha value is -2.23. The molecule has 4 rings (SSSR count). The molecular formula is C25H32N2O5S2. The number of nitrogens with zero attached hydrogens (tertiary/aromatic N) is 1. The fraction of sp³-hybridized carbons (Fsp3) is 0.480. The van der Waals surface area contributed by atoms with Gasteiger partial charge in [-0.3, -0.25) is 4.79 Å². The van der Waals surface area contributed by atoms with E-state index in [4.69, 9.17) is 0 Å². The van der Waals surface area contributed by atoms with Crippen molar-refractivity contribution in [2.75, 3.05) is 6.54 Å². The van der Waals surface area contributed by atoms with Crippen molar-refractivity contribution in [1.29, 1.82) is 0 Å². The summed E-state index contributed by atoms with van der Waals surface area (Å²) in [6, 6.07) is 14.7. The van der Waals surface area contributed by atoms with Crippen molar-refractivity contribution in [3.05, 3.63) is 60.2 Å². The van der Waals surface area contributed by atoms with Crippen LogP contribution in [-0.2, 0) is 30.1 Å². The monoisotopic (exact) mass is 504 g/mol. The first-order valence-corrected chi connectivity index (χ1v) is 14.6. The van der Waals surface area contributed by atoms with E-state index in [1.165, 1.54) is 0 Å². The summed E-state index contributed by atoms with van der Waals surface area (Å²) in [7, 11) is -7.31. The van der Waals surface area contributed by atoms with Crippen LogP contribution in [0.5, 0.6) is 0 Å². The third-order valence-electron chi connectivity index (χ3n) is 6.93. The van der Waals surface area contributed by atoms with E-state index in [2.05, 4.69) is 25.5 Å². The summed E-state index contributed by atoms with van der Waals surface area (Å²) in [6.07, 6.45) is 2.22. The third kappa shape index (κ3) is 4.92. The Labute approximate surface area is 202 Å². The maximum absolute atomic E-state index is 13.1. The Bertz CT molecular complexity index is 1240. The van der Waals surface area contributed by atoms with Gasteiger partial charge in [-0.15, -0.1) is 0 Å². The molecule has 34 heavy (non-hydrogen) atoms. The highest BCUT2D eigenvalue weighted by atomic mass is 32.2. The summed E-state index contributed by atoms with van der Waals surface area (Å²) in [4.78, 5) is 15.1. The van der Waals surface area contributed by atoms with E-state index < -0.39 is 25.1 Å². The number of hydrogen-bond acceptors (Lipinski definition) is 5. The Morgan fingerprint density at radius 1 is 0.882 bits per heavy atom. The number of carbonyl (C=O) groups excluding carboxylic acids is 1. The number of sulfone groups is 1. The zero-order valence-corrected chi connectivity index (χ0v) is 21.4. The second-order valence-electron chi connectivity index (χ2n) is 10.2. The van der Waals surface area contributed by atoms with Crippen LogP contribution >= 0.6 is 0 Å². The van der Waals surface area contributed by atoms with E-state index in [0.717, 1.165) is 18.4 Å². The lowest BCUT2D eigenvalue weighted by Gasteiger charge is -2.38. The molecule has 2 saturated heterocycles. The minimum atomic E-state index is -3.83. The number of hydrogen-bond donors (Lipinski definition) is 1. The molecule has 0 saturated carbocycles. The van der Waals surface area contributed by atoms with Crippen molar-refractivity contribution in [3.63, 3.8) is 0 Å². The smallest absolute Gasteiger partial charge is 0.241 e. The molecule has 2 atom stereocenters. The standard InChI is InChI=1S/C25H32N2O5S2/c1-25(2,3)18-9-13-22(14-10-18)34(31,32)26-17-24(28)27-19-11-12-20(27)16-23(15-19)33(29,30)21-7-5-4-6-8-21/h4-10,13-14,19-20,23,26H,11-12,15-17H2,1-3H3. The van der Waals surface area contributed by atoms with Crippen LogP contribution in [0.4, 0.5) is 0 Å². The van der Waals surface area contributed by atoms with Gasteiger partial charge in [0.05, 0.1) is 21.6 Å². The van der Waals surface area contributed by atoms with Gasteiger partial charge >= 0.3 is 0 Å².